The molecular weight excluding hydrogens is 361 g/mol. The van der Waals surface area contributed by atoms with Crippen LogP contribution in [0.3, 0.4) is 0 Å². The van der Waals surface area contributed by atoms with Crippen molar-refractivity contribution in [2.75, 3.05) is 33.4 Å². The average molecular weight is 382 g/mol. The van der Waals surface area contributed by atoms with E-state index in [9.17, 15) is 4.79 Å². The molecule has 23 heavy (non-hydrogen) atoms. The van der Waals surface area contributed by atoms with Crippen LogP contribution in [0.25, 0.3) is 10.8 Å². The summed E-state index contributed by atoms with van der Waals surface area (Å²) in [6, 6.07) is 3.87. The molecule has 0 aliphatic heterocycles. The first-order chi connectivity index (χ1) is 10.3. The van der Waals surface area contributed by atoms with Gasteiger partial charge in [-0.1, -0.05) is 6.07 Å². The minimum absolute atomic E-state index is 0. The van der Waals surface area contributed by atoms with Gasteiger partial charge in [-0.15, -0.1) is 36.2 Å². The third-order valence-electron chi connectivity index (χ3n) is 2.73. The molecule has 2 aromatic rings. The van der Waals surface area contributed by atoms with E-state index < -0.39 is 0 Å². The highest BCUT2D eigenvalue weighted by atomic mass is 35.5. The van der Waals surface area contributed by atoms with Crippen molar-refractivity contribution in [2.45, 2.75) is 6.42 Å². The number of carbonyl (C=O) groups excluding carboxylic acids is 1. The average Bonchev–Trinajstić information content (AvgIpc) is 3.13. The molecule has 0 radical (unpaired) electrons. The van der Waals surface area contributed by atoms with Crippen LogP contribution < -0.4 is 10.6 Å². The Labute approximate surface area is 151 Å². The Morgan fingerprint density at radius 1 is 1.35 bits per heavy atom. The van der Waals surface area contributed by atoms with E-state index in [1.165, 1.54) is 6.26 Å². The third-order valence-corrected chi connectivity index (χ3v) is 3.59. The van der Waals surface area contributed by atoms with Crippen molar-refractivity contribution in [3.8, 4) is 10.8 Å². The van der Waals surface area contributed by atoms with E-state index in [0.717, 1.165) is 11.4 Å². The van der Waals surface area contributed by atoms with Crippen molar-refractivity contribution in [2.24, 2.45) is 0 Å². The van der Waals surface area contributed by atoms with Gasteiger partial charge in [-0.2, -0.15) is 0 Å². The van der Waals surface area contributed by atoms with E-state index in [1.54, 1.807) is 18.4 Å². The first-order valence-corrected chi connectivity index (χ1v) is 7.62. The van der Waals surface area contributed by atoms with E-state index in [0.29, 0.717) is 31.3 Å². The highest BCUT2D eigenvalue weighted by Gasteiger charge is 2.10. The Hall–Kier alpha value is -1.12. The van der Waals surface area contributed by atoms with Gasteiger partial charge in [-0.25, -0.2) is 4.98 Å². The van der Waals surface area contributed by atoms with E-state index in [4.69, 9.17) is 9.15 Å². The summed E-state index contributed by atoms with van der Waals surface area (Å²) < 4.78 is 10.3. The molecule has 0 bridgehead atoms. The summed E-state index contributed by atoms with van der Waals surface area (Å²) in [5.41, 5.74) is 0.642. The molecule has 0 spiro atoms. The molecule has 0 saturated heterocycles. The molecule has 0 unspecified atom stereocenters. The molecule has 2 N–H and O–H groups in total. The number of oxazole rings is 1. The summed E-state index contributed by atoms with van der Waals surface area (Å²) in [6.45, 7) is 2.74. The van der Waals surface area contributed by atoms with Crippen LogP contribution in [-0.2, 0) is 16.0 Å². The molecule has 6 nitrogen and oxygen atoms in total. The van der Waals surface area contributed by atoms with Crippen LogP contribution in [0.4, 0.5) is 0 Å². The SMILES string of the molecule is COCCNCCNC(=O)Cc1coc(-c2cccs2)n1.Cl.Cl. The van der Waals surface area contributed by atoms with Crippen molar-refractivity contribution < 1.29 is 13.9 Å². The van der Waals surface area contributed by atoms with E-state index in [-0.39, 0.29) is 37.1 Å². The Kier molecular flexibility index (Phi) is 11.7. The topological polar surface area (TPSA) is 76.4 Å². The molecule has 0 saturated carbocycles. The second kappa shape index (κ2) is 12.3. The van der Waals surface area contributed by atoms with Gasteiger partial charge in [0.05, 0.1) is 23.6 Å². The van der Waals surface area contributed by atoms with Gasteiger partial charge >= 0.3 is 0 Å². The summed E-state index contributed by atoms with van der Waals surface area (Å²) >= 11 is 1.56. The largest absolute Gasteiger partial charge is 0.444 e. The van der Waals surface area contributed by atoms with E-state index in [2.05, 4.69) is 15.6 Å². The van der Waals surface area contributed by atoms with Crippen LogP contribution in [0.2, 0.25) is 0 Å². The van der Waals surface area contributed by atoms with Gasteiger partial charge in [0, 0.05) is 26.7 Å². The maximum atomic E-state index is 11.8. The number of hydrogen-bond acceptors (Lipinski definition) is 6. The van der Waals surface area contributed by atoms with Crippen LogP contribution in [0.1, 0.15) is 5.69 Å². The van der Waals surface area contributed by atoms with Crippen molar-refractivity contribution in [1.82, 2.24) is 15.6 Å². The normalized spacial score (nSPS) is 9.78. The number of aromatic nitrogens is 1. The van der Waals surface area contributed by atoms with Crippen molar-refractivity contribution in [1.29, 1.82) is 0 Å². The molecule has 0 aromatic carbocycles. The number of carbonyl (C=O) groups is 1. The van der Waals surface area contributed by atoms with Gasteiger partial charge in [0.15, 0.2) is 0 Å². The van der Waals surface area contributed by atoms with E-state index >= 15 is 0 Å². The molecule has 0 aliphatic carbocycles. The second-order valence-electron chi connectivity index (χ2n) is 4.39. The van der Waals surface area contributed by atoms with Crippen LogP contribution in [-0.4, -0.2) is 44.2 Å². The molecule has 0 aliphatic rings. The standard InChI is InChI=1S/C14H19N3O3S.2ClH/c1-19-7-6-15-4-5-16-13(18)9-11-10-20-14(17-11)12-3-2-8-21-12;;/h2-3,8,10,15H,4-7,9H2,1H3,(H,16,18);2*1H. The van der Waals surface area contributed by atoms with Crippen molar-refractivity contribution in [3.05, 3.63) is 29.5 Å². The second-order valence-corrected chi connectivity index (χ2v) is 5.34. The van der Waals surface area contributed by atoms with Gasteiger partial charge in [-0.05, 0) is 11.4 Å². The van der Waals surface area contributed by atoms with Crippen molar-refractivity contribution >= 4 is 42.1 Å². The summed E-state index contributed by atoms with van der Waals surface area (Å²) in [5, 5.41) is 7.95. The van der Waals surface area contributed by atoms with Crippen LogP contribution in [0.5, 0.6) is 0 Å². The number of ether oxygens (including phenoxy) is 1. The van der Waals surface area contributed by atoms with Crippen molar-refractivity contribution in [3.63, 3.8) is 0 Å². The fourth-order valence-electron chi connectivity index (χ4n) is 1.72. The third kappa shape index (κ3) is 7.81. The molecule has 0 fully saturated rings. The molecule has 130 valence electrons. The number of nitrogens with one attached hydrogen (secondary N) is 2. The minimum Gasteiger partial charge on any atom is -0.444 e. The Balaban J connectivity index is 0.00000242. The Morgan fingerprint density at radius 2 is 2.17 bits per heavy atom. The zero-order valence-electron chi connectivity index (χ0n) is 12.7. The lowest BCUT2D eigenvalue weighted by Crippen LogP contribution is -2.33. The van der Waals surface area contributed by atoms with Crippen LogP contribution >= 0.6 is 36.2 Å². The first-order valence-electron chi connectivity index (χ1n) is 6.74. The van der Waals surface area contributed by atoms with Gasteiger partial charge in [0.1, 0.15) is 6.26 Å². The molecule has 2 heterocycles. The predicted molar refractivity (Wildman–Crippen MR) is 95.8 cm³/mol. The number of halogens is 2. The lowest BCUT2D eigenvalue weighted by Gasteiger charge is -2.05. The van der Waals surface area contributed by atoms with E-state index in [1.807, 2.05) is 17.5 Å². The maximum absolute atomic E-state index is 11.8. The summed E-state index contributed by atoms with van der Waals surface area (Å²) in [4.78, 5) is 17.0. The monoisotopic (exact) mass is 381 g/mol. The highest BCUT2D eigenvalue weighted by molar-refractivity contribution is 7.13. The molecule has 9 heteroatoms. The molecule has 0 atom stereocenters. The number of hydrogen-bond donors (Lipinski definition) is 2. The maximum Gasteiger partial charge on any atom is 0.236 e. The summed E-state index contributed by atoms with van der Waals surface area (Å²) in [7, 11) is 1.66. The quantitative estimate of drug-likeness (QED) is 0.650. The Bertz CT molecular complexity index is 549. The van der Waals surface area contributed by atoms with Gasteiger partial charge < -0.3 is 19.8 Å². The summed E-state index contributed by atoms with van der Waals surface area (Å²) in [6.07, 6.45) is 1.76. The number of rotatable bonds is 9. The smallest absolute Gasteiger partial charge is 0.236 e. The number of nitrogens with zero attached hydrogens (tertiary/aromatic N) is 1. The summed E-state index contributed by atoms with van der Waals surface area (Å²) in [5.74, 6) is 0.503. The molecule has 2 aromatic heterocycles. The van der Waals surface area contributed by atoms with Gasteiger partial charge in [0.25, 0.3) is 0 Å². The highest BCUT2D eigenvalue weighted by Crippen LogP contribution is 2.23. The zero-order chi connectivity index (χ0) is 14.9. The van der Waals surface area contributed by atoms with Crippen LogP contribution in [0.15, 0.2) is 28.2 Å². The number of thiophene rings is 1. The lowest BCUT2D eigenvalue weighted by molar-refractivity contribution is -0.120. The first kappa shape index (κ1) is 21.9. The number of methoxy groups -OCH3 is 1. The zero-order valence-corrected chi connectivity index (χ0v) is 15.2. The van der Waals surface area contributed by atoms with Gasteiger partial charge in [-0.3, -0.25) is 4.79 Å². The number of amides is 1. The molecule has 1 amide bonds. The molecule has 2 rings (SSSR count). The Morgan fingerprint density at radius 3 is 2.87 bits per heavy atom. The fourth-order valence-corrected chi connectivity index (χ4v) is 2.37. The minimum atomic E-state index is -0.0606. The molecular formula is C14H21Cl2N3O3S. The van der Waals surface area contributed by atoms with Gasteiger partial charge in [0.2, 0.25) is 11.8 Å². The predicted octanol–water partition coefficient (Wildman–Crippen LogP) is 2.14. The lowest BCUT2D eigenvalue weighted by atomic mass is 10.3. The fraction of sp³-hybridized carbons (Fsp3) is 0.429. The van der Waals surface area contributed by atoms with Crippen LogP contribution in [0, 0.1) is 0 Å².